The summed E-state index contributed by atoms with van der Waals surface area (Å²) in [6.07, 6.45) is 0. The summed E-state index contributed by atoms with van der Waals surface area (Å²) in [6.45, 7) is 4.66. The van der Waals surface area contributed by atoms with Crippen LogP contribution in [0.25, 0.3) is 0 Å². The van der Waals surface area contributed by atoms with Crippen LogP contribution in [0.15, 0.2) is 0 Å². The molecule has 0 aromatic rings. The van der Waals surface area contributed by atoms with Crippen molar-refractivity contribution in [1.82, 2.24) is 0 Å². The fraction of sp³-hybridized carbons (Fsp3) is 0.800. The van der Waals surface area contributed by atoms with Crippen LogP contribution in [-0.4, -0.2) is 48.9 Å². The Hall–Kier alpha value is 0.380. The summed E-state index contributed by atoms with van der Waals surface area (Å²) in [5.74, 6) is 0. The predicted molar refractivity (Wildman–Crippen MR) is 46.5 cm³/mol. The zero-order valence-electron chi connectivity index (χ0n) is 6.62. The number of rotatable bonds is 0. The van der Waals surface area contributed by atoms with Crippen LogP contribution < -0.4 is 5.14 Å². The van der Waals surface area contributed by atoms with Gasteiger partial charge in [0.15, 0.2) is 0 Å². The minimum absolute atomic E-state index is 0. The SMILES string of the molecule is CC(C)(C)OC(=O)S(N)(=O)=O.[NaH]. The first-order valence-electron chi connectivity index (χ1n) is 2.89. The summed E-state index contributed by atoms with van der Waals surface area (Å²) in [7, 11) is -4.20. The molecule has 2 N–H and O–H groups in total. The normalized spacial score (nSPS) is 11.7. The molecule has 0 amide bonds. The Balaban J connectivity index is 0. The molecule has 0 radical (unpaired) electrons. The van der Waals surface area contributed by atoms with Crippen molar-refractivity contribution in [3.63, 3.8) is 0 Å². The molecule has 0 aliphatic rings. The fourth-order valence-corrected chi connectivity index (χ4v) is 0.674. The predicted octanol–water partition coefficient (Wildman–Crippen LogP) is -0.438. The van der Waals surface area contributed by atoms with Crippen molar-refractivity contribution in [2.24, 2.45) is 5.14 Å². The van der Waals surface area contributed by atoms with Crippen molar-refractivity contribution in [2.75, 3.05) is 0 Å². The monoisotopic (exact) mass is 205 g/mol. The van der Waals surface area contributed by atoms with E-state index in [1.165, 1.54) is 0 Å². The molecule has 0 aliphatic heterocycles. The van der Waals surface area contributed by atoms with E-state index >= 15 is 0 Å². The van der Waals surface area contributed by atoms with E-state index in [1.54, 1.807) is 20.8 Å². The van der Waals surface area contributed by atoms with Gasteiger partial charge in [0.2, 0.25) is 0 Å². The third kappa shape index (κ3) is 7.05. The van der Waals surface area contributed by atoms with Gasteiger partial charge in [-0.2, -0.15) is 0 Å². The molecule has 68 valence electrons. The Morgan fingerprint density at radius 1 is 1.33 bits per heavy atom. The second-order valence-electron chi connectivity index (χ2n) is 3.01. The van der Waals surface area contributed by atoms with Gasteiger partial charge in [-0.1, -0.05) is 0 Å². The van der Waals surface area contributed by atoms with Gasteiger partial charge in [-0.25, -0.2) is 18.4 Å². The standard InChI is InChI=1S/C5H11NO4S.Na.H/c1-5(2,3)10-4(7)11(6,8)9;;/h1-3H3,(H2,6,8,9);;. The number of nitrogens with two attached hydrogens (primary N) is 1. The summed E-state index contributed by atoms with van der Waals surface area (Å²) >= 11 is 0. The number of hydrogen-bond acceptors (Lipinski definition) is 4. The van der Waals surface area contributed by atoms with Gasteiger partial charge in [-0.15, -0.1) is 0 Å². The van der Waals surface area contributed by atoms with Crippen molar-refractivity contribution in [3.05, 3.63) is 0 Å². The molecule has 0 heterocycles. The molecule has 5 nitrogen and oxygen atoms in total. The summed E-state index contributed by atoms with van der Waals surface area (Å²) in [5, 5.41) is 3.09. The van der Waals surface area contributed by atoms with Crippen LogP contribution in [0, 0.1) is 0 Å². The molecule has 7 heteroatoms. The molecule has 0 unspecified atom stereocenters. The molecule has 0 bridgehead atoms. The Labute approximate surface area is 94.0 Å². The van der Waals surface area contributed by atoms with Crippen LogP contribution >= 0.6 is 0 Å². The molecule has 0 spiro atoms. The first kappa shape index (κ1) is 14.9. The Morgan fingerprint density at radius 2 is 1.67 bits per heavy atom. The number of primary sulfonamides is 1. The molecule has 0 fully saturated rings. The third-order valence-corrected chi connectivity index (χ3v) is 1.17. The first-order valence-corrected chi connectivity index (χ1v) is 4.43. The fourth-order valence-electron chi connectivity index (χ4n) is 0.308. The van der Waals surface area contributed by atoms with E-state index in [-0.39, 0.29) is 29.6 Å². The van der Waals surface area contributed by atoms with Crippen LogP contribution in [-0.2, 0) is 14.8 Å². The minimum atomic E-state index is -4.20. The van der Waals surface area contributed by atoms with Gasteiger partial charge in [-0.05, 0) is 20.8 Å². The van der Waals surface area contributed by atoms with Gasteiger partial charge in [-0.3, -0.25) is 0 Å². The first-order chi connectivity index (χ1) is 4.63. The number of hydrogen-bond donors (Lipinski definition) is 1. The molecule has 0 aromatic carbocycles. The number of ether oxygens (including phenoxy) is 1. The number of sulfonamides is 1. The van der Waals surface area contributed by atoms with E-state index < -0.39 is 20.9 Å². The summed E-state index contributed by atoms with van der Waals surface area (Å²) in [5.41, 5.74) is -0.830. The van der Waals surface area contributed by atoms with Gasteiger partial charge in [0, 0.05) is 0 Å². The van der Waals surface area contributed by atoms with E-state index in [2.05, 4.69) is 9.88 Å². The van der Waals surface area contributed by atoms with Gasteiger partial charge in [0.05, 0.1) is 0 Å². The molecule has 0 aliphatic carbocycles. The number of carbonyl (C=O) groups excluding carboxylic acids is 1. The maximum atomic E-state index is 10.5. The van der Waals surface area contributed by atoms with Gasteiger partial charge >= 0.3 is 44.9 Å². The average molecular weight is 205 g/mol. The van der Waals surface area contributed by atoms with Gasteiger partial charge in [0.1, 0.15) is 5.60 Å². The maximum absolute atomic E-state index is 10.5. The molecule has 0 aromatic heterocycles. The van der Waals surface area contributed by atoms with Crippen molar-refractivity contribution in [1.29, 1.82) is 0 Å². The third-order valence-electron chi connectivity index (χ3n) is 0.622. The molecule has 0 rings (SSSR count). The topological polar surface area (TPSA) is 86.5 Å². The van der Waals surface area contributed by atoms with E-state index in [9.17, 15) is 13.2 Å². The zero-order chi connectivity index (χ0) is 9.28. The number of carbonyl (C=O) groups is 1. The molecule has 0 saturated heterocycles. The van der Waals surface area contributed by atoms with Gasteiger partial charge < -0.3 is 4.74 Å². The molecule has 0 saturated carbocycles. The van der Waals surface area contributed by atoms with E-state index in [1.807, 2.05) is 0 Å². The summed E-state index contributed by atoms with van der Waals surface area (Å²) in [4.78, 5) is 10.5. The molecular weight excluding hydrogens is 193 g/mol. The van der Waals surface area contributed by atoms with Crippen molar-refractivity contribution < 1.29 is 17.9 Å². The molecular formula is C5H12NNaO4S. The zero-order valence-corrected chi connectivity index (χ0v) is 7.44. The van der Waals surface area contributed by atoms with Crippen molar-refractivity contribution in [3.8, 4) is 0 Å². The summed E-state index contributed by atoms with van der Waals surface area (Å²) < 4.78 is 25.1. The molecule has 12 heavy (non-hydrogen) atoms. The summed E-state index contributed by atoms with van der Waals surface area (Å²) in [6, 6.07) is 0. The molecule has 0 atom stereocenters. The van der Waals surface area contributed by atoms with E-state index in [0.29, 0.717) is 0 Å². The van der Waals surface area contributed by atoms with Crippen LogP contribution in [0.3, 0.4) is 0 Å². The van der Waals surface area contributed by atoms with Crippen LogP contribution in [0.5, 0.6) is 0 Å². The quantitative estimate of drug-likeness (QED) is 0.429. The van der Waals surface area contributed by atoms with Crippen LogP contribution in [0.1, 0.15) is 20.8 Å². The van der Waals surface area contributed by atoms with Crippen LogP contribution in [0.2, 0.25) is 0 Å². The average Bonchev–Trinajstić information content (AvgIpc) is 1.56. The van der Waals surface area contributed by atoms with Crippen molar-refractivity contribution >= 4 is 44.9 Å². The Morgan fingerprint density at radius 3 is 1.75 bits per heavy atom. The Bertz CT molecular complexity index is 253. The second kappa shape index (κ2) is 4.57. The van der Waals surface area contributed by atoms with Crippen LogP contribution in [0.4, 0.5) is 4.79 Å². The Kier molecular flexibility index (Phi) is 5.67. The van der Waals surface area contributed by atoms with Crippen molar-refractivity contribution in [2.45, 2.75) is 26.4 Å². The second-order valence-corrected chi connectivity index (χ2v) is 4.43. The van der Waals surface area contributed by atoms with Gasteiger partial charge in [0.25, 0.3) is 0 Å². The van der Waals surface area contributed by atoms with E-state index in [0.717, 1.165) is 0 Å². The van der Waals surface area contributed by atoms with E-state index in [4.69, 9.17) is 0 Å².